The van der Waals surface area contributed by atoms with Crippen LogP contribution >= 0.6 is 12.2 Å². The minimum absolute atomic E-state index is 0.150. The maximum atomic E-state index is 13.8. The Morgan fingerprint density at radius 3 is 2.67 bits per heavy atom. The monoisotopic (exact) mass is 387 g/mol. The van der Waals surface area contributed by atoms with Gasteiger partial charge in [0.2, 0.25) is 0 Å². The van der Waals surface area contributed by atoms with Crippen molar-refractivity contribution in [2.24, 2.45) is 0 Å². The summed E-state index contributed by atoms with van der Waals surface area (Å²) in [5, 5.41) is 4.40. The van der Waals surface area contributed by atoms with Crippen LogP contribution < -0.4 is 4.74 Å². The molecular formula is C20H22FN3O2S. The van der Waals surface area contributed by atoms with Crippen molar-refractivity contribution in [3.05, 3.63) is 76.2 Å². The molecule has 0 radical (unpaired) electrons. The molecule has 5 nitrogen and oxygen atoms in total. The Morgan fingerprint density at radius 1 is 1.22 bits per heavy atom. The first-order chi connectivity index (χ1) is 12.9. The smallest absolute Gasteiger partial charge is 0.288 e. The quantitative estimate of drug-likeness (QED) is 0.541. The van der Waals surface area contributed by atoms with Crippen LogP contribution in [-0.2, 0) is 13.2 Å². The van der Waals surface area contributed by atoms with Gasteiger partial charge in [0.05, 0.1) is 6.67 Å². The molecule has 0 saturated heterocycles. The zero-order chi connectivity index (χ0) is 19.4. The number of aryl methyl sites for hydroxylation is 1. The molecule has 27 heavy (non-hydrogen) atoms. The lowest BCUT2D eigenvalue weighted by Crippen LogP contribution is -2.23. The number of ether oxygens (including phenoxy) is 1. The second kappa shape index (κ2) is 8.45. The van der Waals surface area contributed by atoms with Gasteiger partial charge in [0.1, 0.15) is 0 Å². The molecular weight excluding hydrogens is 365 g/mol. The van der Waals surface area contributed by atoms with E-state index in [0.29, 0.717) is 12.6 Å². The molecule has 0 spiro atoms. The highest BCUT2D eigenvalue weighted by molar-refractivity contribution is 7.71. The summed E-state index contributed by atoms with van der Waals surface area (Å²) in [6.07, 6.45) is -0.563. The van der Waals surface area contributed by atoms with E-state index in [1.807, 2.05) is 19.2 Å². The van der Waals surface area contributed by atoms with Gasteiger partial charge in [-0.25, -0.2) is 9.07 Å². The maximum absolute atomic E-state index is 13.8. The van der Waals surface area contributed by atoms with Crippen LogP contribution in [0.2, 0.25) is 0 Å². The zero-order valence-corrected chi connectivity index (χ0v) is 16.4. The highest BCUT2D eigenvalue weighted by Crippen LogP contribution is 2.23. The lowest BCUT2D eigenvalue weighted by molar-refractivity contribution is 0.179. The molecule has 0 unspecified atom stereocenters. The van der Waals surface area contributed by atoms with E-state index in [1.54, 1.807) is 29.8 Å². The van der Waals surface area contributed by atoms with E-state index in [2.05, 4.69) is 29.1 Å². The molecule has 3 rings (SSSR count). The summed E-state index contributed by atoms with van der Waals surface area (Å²) in [4.78, 5) is 2.35. The maximum Gasteiger partial charge on any atom is 0.288 e. The fourth-order valence-corrected chi connectivity index (χ4v) is 2.90. The number of benzene rings is 2. The van der Waals surface area contributed by atoms with Gasteiger partial charge in [-0.1, -0.05) is 36.4 Å². The minimum Gasteiger partial charge on any atom is -0.478 e. The van der Waals surface area contributed by atoms with Gasteiger partial charge in [0.15, 0.2) is 17.7 Å². The minimum atomic E-state index is -0.563. The number of aromatic nitrogens is 2. The van der Waals surface area contributed by atoms with Crippen molar-refractivity contribution in [2.45, 2.75) is 33.2 Å². The molecule has 0 saturated carbocycles. The van der Waals surface area contributed by atoms with Gasteiger partial charge < -0.3 is 9.15 Å². The molecule has 0 aliphatic heterocycles. The summed E-state index contributed by atoms with van der Waals surface area (Å²) in [5.41, 5.74) is 2.48. The van der Waals surface area contributed by atoms with Crippen LogP contribution in [0.3, 0.4) is 0 Å². The second-order valence-electron chi connectivity index (χ2n) is 6.48. The molecule has 3 aromatic rings. The Morgan fingerprint density at radius 2 is 1.93 bits per heavy atom. The fraction of sp³-hybridized carbons (Fsp3) is 0.300. The largest absolute Gasteiger partial charge is 0.478 e. The highest BCUT2D eigenvalue weighted by Gasteiger charge is 2.18. The SMILES string of the molecule is Cc1ccccc1CN(C)Cn1nc([C@@H](C)Oc2ccccc2F)oc1=S. The molecule has 142 valence electrons. The van der Waals surface area contributed by atoms with Crippen LogP contribution in [0.4, 0.5) is 4.39 Å². The average Bonchev–Trinajstić information content (AvgIpc) is 2.99. The van der Waals surface area contributed by atoms with E-state index < -0.39 is 11.9 Å². The fourth-order valence-electron chi connectivity index (χ4n) is 2.71. The second-order valence-corrected chi connectivity index (χ2v) is 6.83. The Kier molecular flexibility index (Phi) is 6.03. The van der Waals surface area contributed by atoms with Gasteiger partial charge in [-0.15, -0.1) is 5.10 Å². The van der Waals surface area contributed by atoms with Crippen LogP contribution in [0, 0.1) is 17.6 Å². The summed E-state index contributed by atoms with van der Waals surface area (Å²) < 4.78 is 26.5. The van der Waals surface area contributed by atoms with Crippen LogP contribution in [0.25, 0.3) is 0 Å². The summed E-state index contributed by atoms with van der Waals surface area (Å²) in [5.74, 6) is 0.0326. The van der Waals surface area contributed by atoms with E-state index in [4.69, 9.17) is 21.4 Å². The van der Waals surface area contributed by atoms with Gasteiger partial charge in [-0.3, -0.25) is 4.90 Å². The van der Waals surface area contributed by atoms with Crippen LogP contribution in [-0.4, -0.2) is 21.7 Å². The van der Waals surface area contributed by atoms with Gasteiger partial charge in [-0.2, -0.15) is 0 Å². The van der Waals surface area contributed by atoms with Crippen molar-refractivity contribution < 1.29 is 13.5 Å². The first-order valence-electron chi connectivity index (χ1n) is 8.66. The Labute approximate surface area is 163 Å². The Balaban J connectivity index is 1.68. The molecule has 0 aliphatic rings. The van der Waals surface area contributed by atoms with Crippen molar-refractivity contribution in [2.75, 3.05) is 7.05 Å². The van der Waals surface area contributed by atoms with Crippen molar-refractivity contribution in [3.8, 4) is 5.75 Å². The number of halogens is 1. The molecule has 0 N–H and O–H groups in total. The number of hydrogen-bond acceptors (Lipinski definition) is 5. The van der Waals surface area contributed by atoms with E-state index in [-0.39, 0.29) is 10.6 Å². The summed E-state index contributed by atoms with van der Waals surface area (Å²) >= 11 is 5.27. The molecule has 0 fully saturated rings. The predicted molar refractivity (Wildman–Crippen MR) is 103 cm³/mol. The lowest BCUT2D eigenvalue weighted by atomic mass is 10.1. The third-order valence-electron chi connectivity index (χ3n) is 4.19. The van der Waals surface area contributed by atoms with E-state index in [9.17, 15) is 4.39 Å². The molecule has 0 bridgehead atoms. The standard InChI is InChI=1S/C20H22FN3O2S/c1-14-8-4-5-9-16(14)12-23(3)13-24-20(27)26-19(22-24)15(2)25-18-11-7-6-10-17(18)21/h4-11,15H,12-13H2,1-3H3/t15-/m1/s1. The molecule has 2 aromatic carbocycles. The number of hydrogen-bond donors (Lipinski definition) is 0. The van der Waals surface area contributed by atoms with Crippen molar-refractivity contribution >= 4 is 12.2 Å². The van der Waals surface area contributed by atoms with Gasteiger partial charge in [-0.05, 0) is 56.4 Å². The molecule has 0 aliphatic carbocycles. The van der Waals surface area contributed by atoms with E-state index in [1.165, 1.54) is 17.2 Å². The average molecular weight is 387 g/mol. The Bertz CT molecular complexity index is 970. The molecule has 1 aromatic heterocycles. The van der Waals surface area contributed by atoms with Gasteiger partial charge in [0.25, 0.3) is 10.7 Å². The topological polar surface area (TPSA) is 43.4 Å². The summed E-state index contributed by atoms with van der Waals surface area (Å²) in [6.45, 7) is 5.07. The third kappa shape index (κ3) is 4.81. The normalized spacial score (nSPS) is 12.3. The van der Waals surface area contributed by atoms with Crippen LogP contribution in [0.1, 0.15) is 30.0 Å². The van der Waals surface area contributed by atoms with E-state index >= 15 is 0 Å². The zero-order valence-electron chi connectivity index (χ0n) is 15.6. The number of para-hydroxylation sites is 1. The van der Waals surface area contributed by atoms with E-state index in [0.717, 1.165) is 6.54 Å². The first kappa shape index (κ1) is 19.3. The molecule has 1 heterocycles. The predicted octanol–water partition coefficient (Wildman–Crippen LogP) is 4.88. The van der Waals surface area contributed by atoms with Gasteiger partial charge >= 0.3 is 0 Å². The lowest BCUT2D eigenvalue weighted by Gasteiger charge is -2.17. The van der Waals surface area contributed by atoms with Crippen molar-refractivity contribution in [1.82, 2.24) is 14.7 Å². The molecule has 1 atom stereocenters. The highest BCUT2D eigenvalue weighted by atomic mass is 32.1. The van der Waals surface area contributed by atoms with Crippen LogP contribution in [0.15, 0.2) is 52.9 Å². The molecule has 0 amide bonds. The molecule has 7 heteroatoms. The number of rotatable bonds is 7. The third-order valence-corrected chi connectivity index (χ3v) is 4.48. The van der Waals surface area contributed by atoms with Crippen LogP contribution in [0.5, 0.6) is 5.75 Å². The Hall–Kier alpha value is -2.51. The summed E-state index contributed by atoms with van der Waals surface area (Å²) in [7, 11) is 1.99. The van der Waals surface area contributed by atoms with Crippen molar-refractivity contribution in [3.63, 3.8) is 0 Å². The first-order valence-corrected chi connectivity index (χ1v) is 9.07. The van der Waals surface area contributed by atoms with Crippen molar-refractivity contribution in [1.29, 1.82) is 0 Å². The number of nitrogens with zero attached hydrogens (tertiary/aromatic N) is 3. The summed E-state index contributed by atoms with van der Waals surface area (Å²) in [6, 6.07) is 14.5. The van der Waals surface area contributed by atoms with Gasteiger partial charge in [0, 0.05) is 6.54 Å².